The van der Waals surface area contributed by atoms with Crippen LogP contribution in [0.1, 0.15) is 36.7 Å². The van der Waals surface area contributed by atoms with E-state index in [1.165, 1.54) is 25.7 Å². The van der Waals surface area contributed by atoms with Crippen LogP contribution in [0.5, 0.6) is 0 Å². The molecule has 1 heterocycles. The molecule has 1 saturated carbocycles. The number of rotatable bonds is 7. The number of nitrogens with one attached hydrogen (secondary N) is 1. The number of thiophene rings is 1. The van der Waals surface area contributed by atoms with Crippen molar-refractivity contribution in [1.29, 1.82) is 0 Å². The standard InChI is InChI=1S/C13H21NO2S/c15-12(13-6-3-9-17-13)10-14-7-8-16-11-4-1-2-5-11/h3,6,9,11-12,14-15H,1-2,4-5,7-8,10H2. The van der Waals surface area contributed by atoms with Crippen LogP contribution in [0.25, 0.3) is 0 Å². The molecule has 0 radical (unpaired) electrons. The Morgan fingerprint density at radius 1 is 1.47 bits per heavy atom. The number of ether oxygens (including phenoxy) is 1. The smallest absolute Gasteiger partial charge is 0.101 e. The molecule has 0 saturated heterocycles. The average molecular weight is 255 g/mol. The van der Waals surface area contributed by atoms with Gasteiger partial charge < -0.3 is 15.2 Å². The molecule has 1 aromatic heterocycles. The normalized spacial score (nSPS) is 18.6. The van der Waals surface area contributed by atoms with E-state index in [2.05, 4.69) is 5.32 Å². The van der Waals surface area contributed by atoms with Crippen LogP contribution < -0.4 is 5.32 Å². The first-order valence-corrected chi connectivity index (χ1v) is 7.28. The number of aliphatic hydroxyl groups excluding tert-OH is 1. The molecule has 2 N–H and O–H groups in total. The first kappa shape index (κ1) is 13.0. The number of hydrogen-bond acceptors (Lipinski definition) is 4. The maximum atomic E-state index is 9.83. The zero-order valence-electron chi connectivity index (χ0n) is 10.1. The molecular weight excluding hydrogens is 234 g/mol. The van der Waals surface area contributed by atoms with Crippen molar-refractivity contribution in [3.63, 3.8) is 0 Å². The van der Waals surface area contributed by atoms with E-state index in [0.29, 0.717) is 12.6 Å². The molecule has 0 aromatic carbocycles. The van der Waals surface area contributed by atoms with Crippen LogP contribution in [0.4, 0.5) is 0 Å². The SMILES string of the molecule is OC(CNCCOC1CCCC1)c1cccs1. The fourth-order valence-electron chi connectivity index (χ4n) is 2.17. The third-order valence-corrected chi connectivity index (χ3v) is 4.12. The van der Waals surface area contributed by atoms with Crippen LogP contribution in [-0.2, 0) is 4.74 Å². The molecule has 3 nitrogen and oxygen atoms in total. The van der Waals surface area contributed by atoms with Gasteiger partial charge in [-0.05, 0) is 24.3 Å². The molecule has 96 valence electrons. The minimum Gasteiger partial charge on any atom is -0.386 e. The molecule has 1 fully saturated rings. The Hall–Kier alpha value is -0.420. The molecule has 0 bridgehead atoms. The Bertz CT molecular complexity index is 296. The fraction of sp³-hybridized carbons (Fsp3) is 0.692. The monoisotopic (exact) mass is 255 g/mol. The largest absolute Gasteiger partial charge is 0.386 e. The molecule has 1 unspecified atom stereocenters. The van der Waals surface area contributed by atoms with E-state index in [0.717, 1.165) is 18.0 Å². The Balaban J connectivity index is 1.51. The predicted molar refractivity (Wildman–Crippen MR) is 70.4 cm³/mol. The predicted octanol–water partition coefficient (Wildman–Crippen LogP) is 2.33. The maximum absolute atomic E-state index is 9.83. The Kier molecular flexibility index (Phi) is 5.45. The van der Waals surface area contributed by atoms with Crippen molar-refractivity contribution in [2.75, 3.05) is 19.7 Å². The first-order valence-electron chi connectivity index (χ1n) is 6.40. The van der Waals surface area contributed by atoms with Gasteiger partial charge in [0.25, 0.3) is 0 Å². The van der Waals surface area contributed by atoms with Crippen molar-refractivity contribution in [2.45, 2.75) is 37.9 Å². The highest BCUT2D eigenvalue weighted by atomic mass is 32.1. The van der Waals surface area contributed by atoms with Crippen LogP contribution in [0.3, 0.4) is 0 Å². The van der Waals surface area contributed by atoms with E-state index in [4.69, 9.17) is 4.74 Å². The van der Waals surface area contributed by atoms with E-state index in [9.17, 15) is 5.11 Å². The summed E-state index contributed by atoms with van der Waals surface area (Å²) in [5.41, 5.74) is 0. The fourth-order valence-corrected chi connectivity index (χ4v) is 2.88. The van der Waals surface area contributed by atoms with Crippen LogP contribution >= 0.6 is 11.3 Å². The van der Waals surface area contributed by atoms with Gasteiger partial charge in [-0.1, -0.05) is 18.9 Å². The van der Waals surface area contributed by atoms with E-state index in [-0.39, 0.29) is 6.10 Å². The van der Waals surface area contributed by atoms with Gasteiger partial charge in [-0.25, -0.2) is 0 Å². The third kappa shape index (κ3) is 4.39. The van der Waals surface area contributed by atoms with Gasteiger partial charge in [0.05, 0.1) is 12.7 Å². The molecule has 1 aliphatic rings. The molecule has 1 aliphatic carbocycles. The second-order valence-electron chi connectivity index (χ2n) is 4.51. The Morgan fingerprint density at radius 3 is 3.00 bits per heavy atom. The summed E-state index contributed by atoms with van der Waals surface area (Å²) in [6, 6.07) is 3.93. The summed E-state index contributed by atoms with van der Waals surface area (Å²) < 4.78 is 5.73. The van der Waals surface area contributed by atoms with Crippen molar-refractivity contribution < 1.29 is 9.84 Å². The molecule has 4 heteroatoms. The number of aliphatic hydroxyl groups is 1. The number of hydrogen-bond donors (Lipinski definition) is 2. The summed E-state index contributed by atoms with van der Waals surface area (Å²) in [6.45, 7) is 2.18. The Labute approximate surface area is 107 Å². The van der Waals surface area contributed by atoms with Crippen molar-refractivity contribution in [1.82, 2.24) is 5.32 Å². The Morgan fingerprint density at radius 2 is 2.29 bits per heavy atom. The topological polar surface area (TPSA) is 41.5 Å². The maximum Gasteiger partial charge on any atom is 0.101 e. The van der Waals surface area contributed by atoms with Crippen LogP contribution in [0, 0.1) is 0 Å². The van der Waals surface area contributed by atoms with Crippen molar-refractivity contribution in [2.24, 2.45) is 0 Å². The van der Waals surface area contributed by atoms with Gasteiger partial charge >= 0.3 is 0 Å². The zero-order chi connectivity index (χ0) is 11.9. The molecule has 1 atom stereocenters. The third-order valence-electron chi connectivity index (χ3n) is 3.14. The van der Waals surface area contributed by atoms with Gasteiger partial charge in [-0.15, -0.1) is 11.3 Å². The molecule has 0 spiro atoms. The minimum atomic E-state index is -0.388. The van der Waals surface area contributed by atoms with Gasteiger partial charge in [-0.2, -0.15) is 0 Å². The lowest BCUT2D eigenvalue weighted by molar-refractivity contribution is 0.0585. The van der Waals surface area contributed by atoms with E-state index >= 15 is 0 Å². The lowest BCUT2D eigenvalue weighted by Crippen LogP contribution is -2.26. The average Bonchev–Trinajstić information content (AvgIpc) is 3.01. The molecule has 2 rings (SSSR count). The summed E-state index contributed by atoms with van der Waals surface area (Å²) in [5.74, 6) is 0. The molecule has 0 aliphatic heterocycles. The van der Waals surface area contributed by atoms with Gasteiger partial charge in [0.15, 0.2) is 0 Å². The van der Waals surface area contributed by atoms with Crippen LogP contribution in [0.15, 0.2) is 17.5 Å². The van der Waals surface area contributed by atoms with Crippen molar-refractivity contribution in [3.8, 4) is 0 Å². The van der Waals surface area contributed by atoms with Crippen molar-refractivity contribution >= 4 is 11.3 Å². The highest BCUT2D eigenvalue weighted by Crippen LogP contribution is 2.20. The van der Waals surface area contributed by atoms with E-state index in [1.54, 1.807) is 11.3 Å². The highest BCUT2D eigenvalue weighted by Gasteiger charge is 2.14. The second-order valence-corrected chi connectivity index (χ2v) is 5.49. The lowest BCUT2D eigenvalue weighted by atomic mass is 10.3. The molecule has 1 aromatic rings. The molecular formula is C13H21NO2S. The minimum absolute atomic E-state index is 0.388. The zero-order valence-corrected chi connectivity index (χ0v) is 10.9. The van der Waals surface area contributed by atoms with Crippen LogP contribution in [0.2, 0.25) is 0 Å². The van der Waals surface area contributed by atoms with Gasteiger partial charge in [0.2, 0.25) is 0 Å². The quantitative estimate of drug-likeness (QED) is 0.735. The van der Waals surface area contributed by atoms with Gasteiger partial charge in [-0.3, -0.25) is 0 Å². The van der Waals surface area contributed by atoms with Crippen molar-refractivity contribution in [3.05, 3.63) is 22.4 Å². The highest BCUT2D eigenvalue weighted by molar-refractivity contribution is 7.10. The molecule has 17 heavy (non-hydrogen) atoms. The van der Waals surface area contributed by atoms with Gasteiger partial charge in [0.1, 0.15) is 6.10 Å². The summed E-state index contributed by atoms with van der Waals surface area (Å²) in [4.78, 5) is 1.02. The first-order chi connectivity index (χ1) is 8.36. The molecule has 0 amide bonds. The van der Waals surface area contributed by atoms with Crippen LogP contribution in [-0.4, -0.2) is 30.9 Å². The summed E-state index contributed by atoms with van der Waals surface area (Å²) in [6.07, 6.45) is 5.17. The summed E-state index contributed by atoms with van der Waals surface area (Å²) in [7, 11) is 0. The van der Waals surface area contributed by atoms with E-state index < -0.39 is 0 Å². The summed E-state index contributed by atoms with van der Waals surface area (Å²) >= 11 is 1.59. The second kappa shape index (κ2) is 7.11. The van der Waals surface area contributed by atoms with E-state index in [1.807, 2.05) is 17.5 Å². The van der Waals surface area contributed by atoms with Gasteiger partial charge in [0, 0.05) is 18.0 Å². The lowest BCUT2D eigenvalue weighted by Gasteiger charge is -2.13. The summed E-state index contributed by atoms with van der Waals surface area (Å²) in [5, 5.41) is 15.0.